The van der Waals surface area contributed by atoms with Gasteiger partial charge in [0.05, 0.1) is 7.11 Å². The van der Waals surface area contributed by atoms with Gasteiger partial charge in [-0.15, -0.1) is 0 Å². The Morgan fingerprint density at radius 1 is 1.44 bits per heavy atom. The summed E-state index contributed by atoms with van der Waals surface area (Å²) in [4.78, 5) is 15.6. The van der Waals surface area contributed by atoms with Gasteiger partial charge in [0, 0.05) is 26.3 Å². The Morgan fingerprint density at radius 3 is 2.94 bits per heavy atom. The summed E-state index contributed by atoms with van der Waals surface area (Å²) in [6, 6.07) is 5.08. The molecule has 0 aliphatic rings. The number of amides is 1. The number of carbonyl (C=O) groups excluding carboxylic acids is 1. The Morgan fingerprint density at radius 2 is 2.25 bits per heavy atom. The standard InChI is InChI=1S/C11H16N2O3/c1-15-8-4-7-12-11(14)9-5-3-6-10(13-9)16-2/h3,5-6H,4,7-8H2,1-2H3,(H,12,14). The van der Waals surface area contributed by atoms with Crippen LogP contribution in [0.4, 0.5) is 0 Å². The lowest BCUT2D eigenvalue weighted by molar-refractivity contribution is 0.0943. The van der Waals surface area contributed by atoms with E-state index in [1.165, 1.54) is 7.11 Å². The van der Waals surface area contributed by atoms with Crippen LogP contribution in [0.5, 0.6) is 5.88 Å². The molecular weight excluding hydrogens is 208 g/mol. The summed E-state index contributed by atoms with van der Waals surface area (Å²) in [6.45, 7) is 1.21. The second-order valence-electron chi connectivity index (χ2n) is 3.17. The highest BCUT2D eigenvalue weighted by atomic mass is 16.5. The highest BCUT2D eigenvalue weighted by Crippen LogP contribution is 2.06. The van der Waals surface area contributed by atoms with Crippen LogP contribution in [-0.2, 0) is 4.74 Å². The van der Waals surface area contributed by atoms with Crippen LogP contribution in [0.3, 0.4) is 0 Å². The quantitative estimate of drug-likeness (QED) is 0.728. The fraction of sp³-hybridized carbons (Fsp3) is 0.455. The molecule has 0 bridgehead atoms. The minimum Gasteiger partial charge on any atom is -0.481 e. The molecule has 5 heteroatoms. The van der Waals surface area contributed by atoms with Crippen molar-refractivity contribution < 1.29 is 14.3 Å². The highest BCUT2D eigenvalue weighted by Gasteiger charge is 2.06. The lowest BCUT2D eigenvalue weighted by Gasteiger charge is -2.05. The maximum atomic E-state index is 11.6. The fourth-order valence-electron chi connectivity index (χ4n) is 1.16. The van der Waals surface area contributed by atoms with E-state index in [-0.39, 0.29) is 5.91 Å². The molecular formula is C11H16N2O3. The van der Waals surface area contributed by atoms with Crippen LogP contribution in [0, 0.1) is 0 Å². The molecule has 0 aliphatic carbocycles. The molecule has 5 nitrogen and oxygen atoms in total. The van der Waals surface area contributed by atoms with Gasteiger partial charge in [0.2, 0.25) is 5.88 Å². The summed E-state index contributed by atoms with van der Waals surface area (Å²) in [7, 11) is 3.15. The van der Waals surface area contributed by atoms with Crippen molar-refractivity contribution >= 4 is 5.91 Å². The van der Waals surface area contributed by atoms with E-state index >= 15 is 0 Å². The van der Waals surface area contributed by atoms with Crippen molar-refractivity contribution in [2.24, 2.45) is 0 Å². The number of rotatable bonds is 6. The molecule has 0 spiro atoms. The number of hydrogen-bond donors (Lipinski definition) is 1. The van der Waals surface area contributed by atoms with Gasteiger partial charge in [0.1, 0.15) is 5.69 Å². The first-order chi connectivity index (χ1) is 7.77. The van der Waals surface area contributed by atoms with Crippen molar-refractivity contribution in [1.82, 2.24) is 10.3 Å². The number of ether oxygens (including phenoxy) is 2. The molecule has 1 N–H and O–H groups in total. The number of aromatic nitrogens is 1. The number of carbonyl (C=O) groups is 1. The van der Waals surface area contributed by atoms with Crippen molar-refractivity contribution in [3.8, 4) is 5.88 Å². The van der Waals surface area contributed by atoms with Gasteiger partial charge >= 0.3 is 0 Å². The van der Waals surface area contributed by atoms with Crippen LogP contribution >= 0.6 is 0 Å². The second kappa shape index (κ2) is 6.79. The predicted octanol–water partition coefficient (Wildman–Crippen LogP) is 0.856. The van der Waals surface area contributed by atoms with E-state index in [1.54, 1.807) is 25.3 Å². The molecule has 1 aromatic rings. The van der Waals surface area contributed by atoms with Gasteiger partial charge in [-0.05, 0) is 12.5 Å². The number of hydrogen-bond acceptors (Lipinski definition) is 4. The van der Waals surface area contributed by atoms with Gasteiger partial charge in [-0.25, -0.2) is 4.98 Å². The summed E-state index contributed by atoms with van der Waals surface area (Å²) in [6.07, 6.45) is 0.784. The van der Waals surface area contributed by atoms with Crippen molar-refractivity contribution in [3.05, 3.63) is 23.9 Å². The van der Waals surface area contributed by atoms with E-state index in [1.807, 2.05) is 0 Å². The summed E-state index contributed by atoms with van der Waals surface area (Å²) in [5.74, 6) is 0.236. The monoisotopic (exact) mass is 224 g/mol. The molecule has 0 unspecified atom stereocenters. The van der Waals surface area contributed by atoms with E-state index in [0.717, 1.165) is 6.42 Å². The average molecular weight is 224 g/mol. The van der Waals surface area contributed by atoms with E-state index in [4.69, 9.17) is 9.47 Å². The molecule has 0 radical (unpaired) electrons. The minimum atomic E-state index is -0.199. The molecule has 1 aromatic heterocycles. The smallest absolute Gasteiger partial charge is 0.270 e. The largest absolute Gasteiger partial charge is 0.481 e. The topological polar surface area (TPSA) is 60.5 Å². The molecule has 0 aromatic carbocycles. The zero-order valence-corrected chi connectivity index (χ0v) is 9.53. The van der Waals surface area contributed by atoms with Gasteiger partial charge in [0.25, 0.3) is 5.91 Å². The lowest BCUT2D eigenvalue weighted by atomic mass is 10.3. The molecule has 0 saturated carbocycles. The van der Waals surface area contributed by atoms with Crippen molar-refractivity contribution in [1.29, 1.82) is 0 Å². The Balaban J connectivity index is 2.46. The second-order valence-corrected chi connectivity index (χ2v) is 3.17. The summed E-state index contributed by atoms with van der Waals surface area (Å²) >= 11 is 0. The zero-order valence-electron chi connectivity index (χ0n) is 9.53. The normalized spacial score (nSPS) is 9.88. The van der Waals surface area contributed by atoms with E-state index in [9.17, 15) is 4.79 Å². The molecule has 1 heterocycles. The van der Waals surface area contributed by atoms with Crippen LogP contribution in [0.2, 0.25) is 0 Å². The number of methoxy groups -OCH3 is 2. The third-order valence-corrected chi connectivity index (χ3v) is 1.98. The van der Waals surface area contributed by atoms with Crippen LogP contribution in [-0.4, -0.2) is 38.3 Å². The van der Waals surface area contributed by atoms with E-state index in [0.29, 0.717) is 24.7 Å². The number of pyridine rings is 1. The first kappa shape index (κ1) is 12.4. The minimum absolute atomic E-state index is 0.199. The number of nitrogens with one attached hydrogen (secondary N) is 1. The molecule has 16 heavy (non-hydrogen) atoms. The summed E-state index contributed by atoms with van der Waals surface area (Å²) in [5.41, 5.74) is 0.358. The van der Waals surface area contributed by atoms with Crippen molar-refractivity contribution in [2.75, 3.05) is 27.4 Å². The Hall–Kier alpha value is -1.62. The molecule has 0 fully saturated rings. The van der Waals surface area contributed by atoms with Crippen LogP contribution in [0.25, 0.3) is 0 Å². The fourth-order valence-corrected chi connectivity index (χ4v) is 1.16. The van der Waals surface area contributed by atoms with Gasteiger partial charge in [0.15, 0.2) is 0 Å². The van der Waals surface area contributed by atoms with E-state index in [2.05, 4.69) is 10.3 Å². The van der Waals surface area contributed by atoms with Crippen LogP contribution in [0.15, 0.2) is 18.2 Å². The first-order valence-electron chi connectivity index (χ1n) is 5.06. The van der Waals surface area contributed by atoms with Gasteiger partial charge < -0.3 is 14.8 Å². The van der Waals surface area contributed by atoms with E-state index < -0.39 is 0 Å². The van der Waals surface area contributed by atoms with Crippen LogP contribution < -0.4 is 10.1 Å². The molecule has 1 amide bonds. The number of nitrogens with zero attached hydrogens (tertiary/aromatic N) is 1. The van der Waals surface area contributed by atoms with Crippen molar-refractivity contribution in [2.45, 2.75) is 6.42 Å². The summed E-state index contributed by atoms with van der Waals surface area (Å²) in [5, 5.41) is 2.75. The maximum Gasteiger partial charge on any atom is 0.270 e. The SMILES string of the molecule is COCCCNC(=O)c1cccc(OC)n1. The highest BCUT2D eigenvalue weighted by molar-refractivity contribution is 5.92. The summed E-state index contributed by atoms with van der Waals surface area (Å²) < 4.78 is 9.82. The third kappa shape index (κ3) is 3.86. The lowest BCUT2D eigenvalue weighted by Crippen LogP contribution is -2.26. The molecule has 0 atom stereocenters. The Bertz CT molecular complexity index is 342. The predicted molar refractivity (Wildman–Crippen MR) is 59.6 cm³/mol. The zero-order chi connectivity index (χ0) is 11.8. The molecule has 1 rings (SSSR count). The molecule has 0 aliphatic heterocycles. The third-order valence-electron chi connectivity index (χ3n) is 1.98. The average Bonchev–Trinajstić information content (AvgIpc) is 2.34. The first-order valence-corrected chi connectivity index (χ1v) is 5.06. The van der Waals surface area contributed by atoms with Gasteiger partial charge in [-0.2, -0.15) is 0 Å². The van der Waals surface area contributed by atoms with Gasteiger partial charge in [-0.3, -0.25) is 4.79 Å². The van der Waals surface area contributed by atoms with Crippen molar-refractivity contribution in [3.63, 3.8) is 0 Å². The molecule has 88 valence electrons. The maximum absolute atomic E-state index is 11.6. The van der Waals surface area contributed by atoms with Crippen LogP contribution in [0.1, 0.15) is 16.9 Å². The Kier molecular flexibility index (Phi) is 5.28. The Labute approximate surface area is 94.8 Å². The molecule has 0 saturated heterocycles. The van der Waals surface area contributed by atoms with Gasteiger partial charge in [-0.1, -0.05) is 6.07 Å².